The summed E-state index contributed by atoms with van der Waals surface area (Å²) in [6.07, 6.45) is 4.81. The summed E-state index contributed by atoms with van der Waals surface area (Å²) >= 11 is 0. The van der Waals surface area contributed by atoms with E-state index >= 15 is 0 Å². The fraction of sp³-hybridized carbons (Fsp3) is 1.00. The first-order chi connectivity index (χ1) is 8.22. The van der Waals surface area contributed by atoms with Crippen LogP contribution in [0.5, 0.6) is 0 Å². The molecule has 3 atom stereocenters. The maximum Gasteiger partial charge on any atom is 0.0897 e. The molecule has 0 saturated heterocycles. The Hall–Kier alpha value is -0.160. The van der Waals surface area contributed by atoms with Gasteiger partial charge in [0.1, 0.15) is 0 Å². The zero-order valence-electron chi connectivity index (χ0n) is 11.2. The SMILES string of the molecule is COCCNCC(O)COC1CCCC(C)C1. The van der Waals surface area contributed by atoms with E-state index in [4.69, 9.17) is 9.47 Å². The molecular weight excluding hydrogens is 218 g/mol. The van der Waals surface area contributed by atoms with Crippen molar-refractivity contribution >= 4 is 0 Å². The van der Waals surface area contributed by atoms with Crippen molar-refractivity contribution in [3.8, 4) is 0 Å². The highest BCUT2D eigenvalue weighted by Gasteiger charge is 2.20. The quantitative estimate of drug-likeness (QED) is 0.631. The van der Waals surface area contributed by atoms with Gasteiger partial charge in [0, 0.05) is 20.2 Å². The Bertz CT molecular complexity index is 190. The van der Waals surface area contributed by atoms with E-state index < -0.39 is 6.10 Å². The van der Waals surface area contributed by atoms with Gasteiger partial charge in [0.25, 0.3) is 0 Å². The van der Waals surface area contributed by atoms with Gasteiger partial charge in [-0.1, -0.05) is 19.8 Å². The molecule has 0 aliphatic heterocycles. The fourth-order valence-corrected chi connectivity index (χ4v) is 2.28. The van der Waals surface area contributed by atoms with E-state index in [0.29, 0.717) is 25.9 Å². The van der Waals surface area contributed by atoms with Crippen molar-refractivity contribution in [3.63, 3.8) is 0 Å². The van der Waals surface area contributed by atoms with Gasteiger partial charge in [0.2, 0.25) is 0 Å². The topological polar surface area (TPSA) is 50.7 Å². The van der Waals surface area contributed by atoms with Gasteiger partial charge in [-0.25, -0.2) is 0 Å². The lowest BCUT2D eigenvalue weighted by Crippen LogP contribution is -2.34. The Balaban J connectivity index is 2.00. The van der Waals surface area contributed by atoms with Gasteiger partial charge >= 0.3 is 0 Å². The number of hydrogen-bond acceptors (Lipinski definition) is 4. The number of methoxy groups -OCH3 is 1. The number of aliphatic hydroxyl groups excluding tert-OH is 1. The van der Waals surface area contributed by atoms with Crippen LogP contribution in [0.1, 0.15) is 32.6 Å². The lowest BCUT2D eigenvalue weighted by Gasteiger charge is -2.27. The van der Waals surface area contributed by atoms with Crippen molar-refractivity contribution in [2.24, 2.45) is 5.92 Å². The molecule has 0 amide bonds. The molecule has 0 radical (unpaired) electrons. The highest BCUT2D eigenvalue weighted by atomic mass is 16.5. The van der Waals surface area contributed by atoms with Crippen LogP contribution in [-0.4, -0.2) is 50.7 Å². The van der Waals surface area contributed by atoms with Crippen LogP contribution in [0.15, 0.2) is 0 Å². The minimum absolute atomic E-state index is 0.354. The second kappa shape index (κ2) is 8.86. The van der Waals surface area contributed by atoms with Crippen molar-refractivity contribution < 1.29 is 14.6 Å². The second-order valence-electron chi connectivity index (χ2n) is 5.08. The first-order valence-corrected chi connectivity index (χ1v) is 6.71. The van der Waals surface area contributed by atoms with E-state index in [1.807, 2.05) is 0 Å². The van der Waals surface area contributed by atoms with Gasteiger partial charge < -0.3 is 19.9 Å². The average molecular weight is 245 g/mol. The fourth-order valence-electron chi connectivity index (χ4n) is 2.28. The molecule has 1 rings (SSSR count). The average Bonchev–Trinajstić information content (AvgIpc) is 2.32. The molecule has 17 heavy (non-hydrogen) atoms. The summed E-state index contributed by atoms with van der Waals surface area (Å²) in [5.74, 6) is 0.769. The summed E-state index contributed by atoms with van der Waals surface area (Å²) in [7, 11) is 1.67. The van der Waals surface area contributed by atoms with Crippen LogP contribution in [0.3, 0.4) is 0 Å². The molecule has 102 valence electrons. The number of nitrogens with one attached hydrogen (secondary N) is 1. The zero-order valence-corrected chi connectivity index (χ0v) is 11.2. The van der Waals surface area contributed by atoms with Crippen LogP contribution < -0.4 is 5.32 Å². The van der Waals surface area contributed by atoms with Crippen LogP contribution in [0, 0.1) is 5.92 Å². The number of ether oxygens (including phenoxy) is 2. The maximum atomic E-state index is 9.72. The number of rotatable bonds is 8. The molecule has 2 N–H and O–H groups in total. The molecule has 0 heterocycles. The molecule has 0 bridgehead atoms. The van der Waals surface area contributed by atoms with Crippen molar-refractivity contribution in [3.05, 3.63) is 0 Å². The third-order valence-corrected chi connectivity index (χ3v) is 3.28. The molecule has 1 aliphatic rings. The number of aliphatic hydroxyl groups is 1. The summed E-state index contributed by atoms with van der Waals surface area (Å²) in [6, 6.07) is 0. The molecule has 4 nitrogen and oxygen atoms in total. The van der Waals surface area contributed by atoms with E-state index in [9.17, 15) is 5.11 Å². The van der Waals surface area contributed by atoms with Crippen LogP contribution in [0.2, 0.25) is 0 Å². The molecule has 0 aromatic heterocycles. The van der Waals surface area contributed by atoms with Crippen molar-refractivity contribution in [2.75, 3.05) is 33.4 Å². The Labute approximate surface area is 105 Å². The van der Waals surface area contributed by atoms with E-state index in [-0.39, 0.29) is 0 Å². The normalized spacial score (nSPS) is 27.0. The van der Waals surface area contributed by atoms with E-state index in [1.165, 1.54) is 12.8 Å². The minimum atomic E-state index is -0.413. The van der Waals surface area contributed by atoms with Gasteiger partial charge in [-0.05, 0) is 18.8 Å². The monoisotopic (exact) mass is 245 g/mol. The summed E-state index contributed by atoms with van der Waals surface area (Å²) in [4.78, 5) is 0. The minimum Gasteiger partial charge on any atom is -0.389 e. The van der Waals surface area contributed by atoms with Gasteiger partial charge in [0.05, 0.1) is 25.4 Å². The van der Waals surface area contributed by atoms with Gasteiger partial charge in [-0.15, -0.1) is 0 Å². The summed E-state index contributed by atoms with van der Waals surface area (Å²) in [6.45, 7) is 4.74. The van der Waals surface area contributed by atoms with Crippen molar-refractivity contribution in [1.29, 1.82) is 0 Å². The molecule has 1 aliphatic carbocycles. The van der Waals surface area contributed by atoms with Crippen LogP contribution >= 0.6 is 0 Å². The molecule has 0 spiro atoms. The third-order valence-electron chi connectivity index (χ3n) is 3.28. The molecule has 4 heteroatoms. The summed E-state index contributed by atoms with van der Waals surface area (Å²) in [5, 5.41) is 12.8. The zero-order chi connectivity index (χ0) is 12.5. The lowest BCUT2D eigenvalue weighted by molar-refractivity contribution is -0.0307. The molecular formula is C13H27NO3. The second-order valence-corrected chi connectivity index (χ2v) is 5.08. The summed E-state index contributed by atoms with van der Waals surface area (Å²) < 4.78 is 10.7. The Kier molecular flexibility index (Phi) is 7.77. The molecule has 1 fully saturated rings. The van der Waals surface area contributed by atoms with Gasteiger partial charge in [0.15, 0.2) is 0 Å². The Morgan fingerprint density at radius 1 is 1.41 bits per heavy atom. The van der Waals surface area contributed by atoms with Crippen LogP contribution in [0.25, 0.3) is 0 Å². The smallest absolute Gasteiger partial charge is 0.0897 e. The Morgan fingerprint density at radius 2 is 2.24 bits per heavy atom. The maximum absolute atomic E-state index is 9.72. The summed E-state index contributed by atoms with van der Waals surface area (Å²) in [5.41, 5.74) is 0. The first kappa shape index (κ1) is 14.9. The van der Waals surface area contributed by atoms with Crippen LogP contribution in [0.4, 0.5) is 0 Å². The highest BCUT2D eigenvalue weighted by molar-refractivity contribution is 4.71. The van der Waals surface area contributed by atoms with Gasteiger partial charge in [-0.2, -0.15) is 0 Å². The number of hydrogen-bond donors (Lipinski definition) is 2. The lowest BCUT2D eigenvalue weighted by atomic mass is 9.89. The predicted molar refractivity (Wildman–Crippen MR) is 68.1 cm³/mol. The van der Waals surface area contributed by atoms with Crippen molar-refractivity contribution in [2.45, 2.75) is 44.8 Å². The largest absolute Gasteiger partial charge is 0.389 e. The predicted octanol–water partition coefficient (Wildman–Crippen LogP) is 1.18. The highest BCUT2D eigenvalue weighted by Crippen LogP contribution is 2.25. The molecule has 1 saturated carbocycles. The molecule has 0 aromatic carbocycles. The van der Waals surface area contributed by atoms with Gasteiger partial charge in [-0.3, -0.25) is 0 Å². The van der Waals surface area contributed by atoms with E-state index in [0.717, 1.165) is 25.3 Å². The first-order valence-electron chi connectivity index (χ1n) is 6.71. The molecule has 3 unspecified atom stereocenters. The van der Waals surface area contributed by atoms with Crippen LogP contribution in [-0.2, 0) is 9.47 Å². The van der Waals surface area contributed by atoms with Crippen molar-refractivity contribution in [1.82, 2.24) is 5.32 Å². The van der Waals surface area contributed by atoms with E-state index in [2.05, 4.69) is 12.2 Å². The van der Waals surface area contributed by atoms with E-state index in [1.54, 1.807) is 7.11 Å². The standard InChI is InChI=1S/C13H27NO3/c1-11-4-3-5-13(8-11)17-10-12(15)9-14-6-7-16-2/h11-15H,3-10H2,1-2H3. The Morgan fingerprint density at radius 3 is 2.94 bits per heavy atom. The molecule has 0 aromatic rings. The third kappa shape index (κ3) is 6.99.